The number of hydrogen-bond acceptors (Lipinski definition) is 6. The Kier molecular flexibility index (Phi) is 7.44. The monoisotopic (exact) mass is 525 g/mol. The van der Waals surface area contributed by atoms with E-state index in [1.165, 1.54) is 29.2 Å². The topological polar surface area (TPSA) is 141 Å². The van der Waals surface area contributed by atoms with Crippen LogP contribution in [0.25, 0.3) is 0 Å². The summed E-state index contributed by atoms with van der Waals surface area (Å²) in [7, 11) is 0. The molecule has 3 amide bonds. The van der Waals surface area contributed by atoms with E-state index >= 15 is 0 Å². The van der Waals surface area contributed by atoms with Crippen molar-refractivity contribution in [2.24, 2.45) is 10.9 Å². The number of carboxylic acids is 1. The number of benzodiazepines with no additional fused rings is 1. The molecule has 10 nitrogen and oxygen atoms in total. The van der Waals surface area contributed by atoms with Crippen molar-refractivity contribution in [1.82, 2.24) is 10.3 Å². The number of nitrogens with zero attached hydrogens (tertiary/aromatic N) is 3. The van der Waals surface area contributed by atoms with Gasteiger partial charge in [-0.3, -0.25) is 14.6 Å². The minimum absolute atomic E-state index is 0.000789. The SMILES string of the molecule is O=C(Nc1cccc(C(=O)O)c1)NC1N=C(c2ccccn2)c2ccccc2N(CC(=O)C2CCCC2)C1=O. The minimum atomic E-state index is -1.37. The molecule has 2 aliphatic rings. The van der Waals surface area contributed by atoms with Gasteiger partial charge in [0, 0.05) is 23.4 Å². The summed E-state index contributed by atoms with van der Waals surface area (Å²) in [5.41, 5.74) is 2.26. The van der Waals surface area contributed by atoms with Gasteiger partial charge in [0.05, 0.1) is 29.2 Å². The van der Waals surface area contributed by atoms with Crippen LogP contribution < -0.4 is 15.5 Å². The molecule has 0 spiro atoms. The molecule has 1 atom stereocenters. The molecule has 1 aromatic heterocycles. The highest BCUT2D eigenvalue weighted by atomic mass is 16.4. The molecule has 1 fully saturated rings. The molecule has 3 aromatic rings. The van der Waals surface area contributed by atoms with Crippen LogP contribution in [-0.4, -0.2) is 52.2 Å². The number of carbonyl (C=O) groups is 4. The predicted octanol–water partition coefficient (Wildman–Crippen LogP) is 3.87. The van der Waals surface area contributed by atoms with E-state index in [1.54, 1.807) is 36.5 Å². The van der Waals surface area contributed by atoms with Crippen molar-refractivity contribution in [2.75, 3.05) is 16.8 Å². The lowest BCUT2D eigenvalue weighted by atomic mass is 10.0. The fourth-order valence-corrected chi connectivity index (χ4v) is 4.95. The van der Waals surface area contributed by atoms with E-state index in [2.05, 4.69) is 20.6 Å². The number of carbonyl (C=O) groups excluding carboxylic acids is 3. The van der Waals surface area contributed by atoms with E-state index in [0.717, 1.165) is 25.7 Å². The Bertz CT molecular complexity index is 1450. The van der Waals surface area contributed by atoms with Gasteiger partial charge in [0.15, 0.2) is 5.78 Å². The lowest BCUT2D eigenvalue weighted by molar-refractivity contribution is -0.125. The molecule has 2 heterocycles. The lowest BCUT2D eigenvalue weighted by Crippen LogP contribution is -2.50. The highest BCUT2D eigenvalue weighted by Gasteiger charge is 2.36. The number of para-hydroxylation sites is 1. The van der Waals surface area contributed by atoms with Gasteiger partial charge in [-0.05, 0) is 49.2 Å². The summed E-state index contributed by atoms with van der Waals surface area (Å²) in [4.78, 5) is 61.8. The van der Waals surface area contributed by atoms with Crippen molar-refractivity contribution in [1.29, 1.82) is 0 Å². The predicted molar refractivity (Wildman–Crippen MR) is 145 cm³/mol. The van der Waals surface area contributed by atoms with Crippen molar-refractivity contribution < 1.29 is 24.3 Å². The fraction of sp³-hybridized carbons (Fsp3) is 0.241. The van der Waals surface area contributed by atoms with E-state index < -0.39 is 24.1 Å². The Morgan fingerprint density at radius 3 is 2.49 bits per heavy atom. The molecule has 39 heavy (non-hydrogen) atoms. The van der Waals surface area contributed by atoms with E-state index in [9.17, 15) is 24.3 Å². The molecule has 1 unspecified atom stereocenters. The molecule has 2 aromatic carbocycles. The van der Waals surface area contributed by atoms with Crippen LogP contribution >= 0.6 is 0 Å². The van der Waals surface area contributed by atoms with E-state index in [1.807, 2.05) is 12.1 Å². The van der Waals surface area contributed by atoms with Crippen LogP contribution in [0.2, 0.25) is 0 Å². The first-order valence-electron chi connectivity index (χ1n) is 12.7. The van der Waals surface area contributed by atoms with Crippen molar-refractivity contribution in [3.63, 3.8) is 0 Å². The van der Waals surface area contributed by atoms with Crippen LogP contribution in [0.4, 0.5) is 16.2 Å². The number of nitrogens with one attached hydrogen (secondary N) is 2. The third-order valence-corrected chi connectivity index (χ3v) is 6.88. The number of aromatic carboxylic acids is 1. The second-order valence-electron chi connectivity index (χ2n) is 9.47. The number of anilines is 2. The number of Topliss-reactive ketones (excluding diaryl/α,β-unsaturated/α-hetero) is 1. The highest BCUT2D eigenvalue weighted by molar-refractivity contribution is 6.20. The number of carboxylic acid groups (broad SMARTS) is 1. The summed E-state index contributed by atoms with van der Waals surface area (Å²) in [6.07, 6.45) is 3.82. The first-order chi connectivity index (χ1) is 18.9. The van der Waals surface area contributed by atoms with Crippen LogP contribution in [0.3, 0.4) is 0 Å². The molecule has 198 valence electrons. The third kappa shape index (κ3) is 5.69. The molecule has 1 aliphatic carbocycles. The van der Waals surface area contributed by atoms with Gasteiger partial charge in [-0.15, -0.1) is 0 Å². The van der Waals surface area contributed by atoms with Gasteiger partial charge in [-0.1, -0.05) is 43.2 Å². The number of ketones is 1. The average molecular weight is 526 g/mol. The van der Waals surface area contributed by atoms with Gasteiger partial charge < -0.3 is 20.6 Å². The fourth-order valence-electron chi connectivity index (χ4n) is 4.95. The van der Waals surface area contributed by atoms with Gasteiger partial charge in [-0.2, -0.15) is 0 Å². The Labute approximate surface area is 224 Å². The molecular weight excluding hydrogens is 498 g/mol. The van der Waals surface area contributed by atoms with Gasteiger partial charge >= 0.3 is 12.0 Å². The molecule has 1 aliphatic heterocycles. The summed E-state index contributed by atoms with van der Waals surface area (Å²) < 4.78 is 0. The Morgan fingerprint density at radius 1 is 0.974 bits per heavy atom. The molecule has 3 N–H and O–H groups in total. The Hall–Kier alpha value is -4.86. The van der Waals surface area contributed by atoms with Crippen molar-refractivity contribution in [3.05, 3.63) is 89.7 Å². The van der Waals surface area contributed by atoms with Crippen molar-refractivity contribution in [3.8, 4) is 0 Å². The van der Waals surface area contributed by atoms with Crippen LogP contribution in [-0.2, 0) is 9.59 Å². The zero-order chi connectivity index (χ0) is 27.4. The number of amides is 3. The standard InChI is InChI=1S/C29H27N5O5/c35-24(18-8-1-2-9-18)17-34-23-14-4-3-12-21(23)25(22-13-5-6-15-30-22)32-26(27(34)36)33-29(39)31-20-11-7-10-19(16-20)28(37)38/h3-7,10-16,18,26H,1-2,8-9,17H2,(H,37,38)(H2,31,33,39). The zero-order valence-electron chi connectivity index (χ0n) is 21.0. The van der Waals surface area contributed by atoms with E-state index in [4.69, 9.17) is 0 Å². The maximum absolute atomic E-state index is 13.9. The molecule has 0 radical (unpaired) electrons. The van der Waals surface area contributed by atoms with E-state index in [-0.39, 0.29) is 29.5 Å². The second-order valence-corrected chi connectivity index (χ2v) is 9.47. The number of benzene rings is 2. The Balaban J connectivity index is 1.49. The largest absolute Gasteiger partial charge is 0.478 e. The number of hydrogen-bond donors (Lipinski definition) is 3. The molecule has 10 heteroatoms. The van der Waals surface area contributed by atoms with Crippen molar-refractivity contribution in [2.45, 2.75) is 31.8 Å². The summed E-state index contributed by atoms with van der Waals surface area (Å²) in [6.45, 7) is -0.133. The minimum Gasteiger partial charge on any atom is -0.478 e. The highest BCUT2D eigenvalue weighted by Crippen LogP contribution is 2.30. The van der Waals surface area contributed by atoms with E-state index in [0.29, 0.717) is 22.7 Å². The lowest BCUT2D eigenvalue weighted by Gasteiger charge is -2.26. The maximum atomic E-state index is 13.9. The van der Waals surface area contributed by atoms with Crippen LogP contribution in [0.15, 0.2) is 77.9 Å². The van der Waals surface area contributed by atoms with Crippen molar-refractivity contribution >= 4 is 40.8 Å². The van der Waals surface area contributed by atoms with Gasteiger partial charge in [-0.25, -0.2) is 14.6 Å². The Morgan fingerprint density at radius 2 is 1.74 bits per heavy atom. The van der Waals surface area contributed by atoms with Crippen LogP contribution in [0, 0.1) is 5.92 Å². The molecular formula is C29H27N5O5. The van der Waals surface area contributed by atoms with Crippen LogP contribution in [0.1, 0.15) is 47.3 Å². The first-order valence-corrected chi connectivity index (χ1v) is 12.7. The van der Waals surface area contributed by atoms with Gasteiger partial charge in [0.1, 0.15) is 0 Å². The molecule has 0 bridgehead atoms. The van der Waals surface area contributed by atoms with Gasteiger partial charge in [0.25, 0.3) is 5.91 Å². The summed E-state index contributed by atoms with van der Waals surface area (Å²) in [5, 5.41) is 14.4. The second kappa shape index (κ2) is 11.3. The average Bonchev–Trinajstić information content (AvgIpc) is 3.46. The molecule has 0 saturated heterocycles. The number of aromatic nitrogens is 1. The first kappa shape index (κ1) is 25.8. The summed E-state index contributed by atoms with van der Waals surface area (Å²) in [6, 6.07) is 17.5. The van der Waals surface area contributed by atoms with Gasteiger partial charge in [0.2, 0.25) is 6.17 Å². The molecule has 5 rings (SSSR count). The quantitative estimate of drug-likeness (QED) is 0.428. The number of rotatable bonds is 7. The third-order valence-electron chi connectivity index (χ3n) is 6.88. The molecule has 1 saturated carbocycles. The normalized spacial score (nSPS) is 17.1. The number of aliphatic imine (C=N–C) groups is 1. The number of fused-ring (bicyclic) bond motifs is 1. The number of urea groups is 1. The van der Waals surface area contributed by atoms with Crippen LogP contribution in [0.5, 0.6) is 0 Å². The zero-order valence-corrected chi connectivity index (χ0v) is 21.0. The maximum Gasteiger partial charge on any atom is 0.335 e. The summed E-state index contributed by atoms with van der Waals surface area (Å²) >= 11 is 0. The number of pyridine rings is 1. The smallest absolute Gasteiger partial charge is 0.335 e. The summed E-state index contributed by atoms with van der Waals surface area (Å²) in [5.74, 6) is -1.82.